The summed E-state index contributed by atoms with van der Waals surface area (Å²) >= 11 is 5.73. The van der Waals surface area contributed by atoms with E-state index in [4.69, 9.17) is 36.8 Å². The molecule has 0 amide bonds. The molecule has 2 aromatic rings. The van der Waals surface area contributed by atoms with Crippen LogP contribution >= 0.6 is 35.1 Å². The number of nitrogens with zero attached hydrogens (tertiary/aromatic N) is 3. The van der Waals surface area contributed by atoms with Gasteiger partial charge in [-0.15, -0.1) is 0 Å². The number of nitrogen functional groups attached to an aromatic ring is 1. The number of alkyl halides is 2. The van der Waals surface area contributed by atoms with Crippen LogP contribution in [0.25, 0.3) is 11.2 Å². The maximum Gasteiger partial charge on any atom is 0.490 e. The number of H-pyrrole nitrogens is 1. The number of fused-ring (bicyclic) bond motifs is 1. The molecule has 1 fully saturated rings. The highest BCUT2D eigenvalue weighted by atomic mass is 35.5. The molecule has 3 rings (SSSR count). The molecule has 0 radical (unpaired) electrons. The number of nitrogens with one attached hydrogen (secondary N) is 1. The van der Waals surface area contributed by atoms with Gasteiger partial charge in [0.25, 0.3) is 10.7 Å². The summed E-state index contributed by atoms with van der Waals surface area (Å²) < 4.78 is 66.2. The number of halogens is 2. The first kappa shape index (κ1) is 26.3. The summed E-state index contributed by atoms with van der Waals surface area (Å²) in [4.78, 5) is 57.1. The van der Waals surface area contributed by atoms with Crippen molar-refractivity contribution < 1.29 is 60.6 Å². The lowest BCUT2D eigenvalue weighted by atomic mass is 10.1. The molecule has 0 bridgehead atoms. The predicted molar refractivity (Wildman–Crippen MR) is 102 cm³/mol. The van der Waals surface area contributed by atoms with Crippen LogP contribution in [0.15, 0.2) is 11.1 Å². The quantitative estimate of drug-likeness (QED) is 0.154. The SMILES string of the molecule is Nc1nc2c(ncn2[C@@H]2O[C@H](COP(=O)(O)OP(=O)(O)OP(=O)(O)O)[C@@H](O)[C@]2(F)Cl)c(=O)[nH]1. The van der Waals surface area contributed by atoms with Gasteiger partial charge in [0.2, 0.25) is 5.95 Å². The van der Waals surface area contributed by atoms with Crippen LogP contribution in [-0.4, -0.2) is 68.1 Å². The lowest BCUT2D eigenvalue weighted by molar-refractivity contribution is -0.0473. The molecular formula is C10H14ClFN5O13P3. The predicted octanol–water partition coefficient (Wildman–Crippen LogP) is -0.792. The molecule has 23 heteroatoms. The van der Waals surface area contributed by atoms with Crippen molar-refractivity contribution in [3.05, 3.63) is 16.7 Å². The van der Waals surface area contributed by atoms with Crippen molar-refractivity contribution in [1.82, 2.24) is 19.5 Å². The molecule has 0 spiro atoms. The van der Waals surface area contributed by atoms with Crippen molar-refractivity contribution in [3.63, 3.8) is 0 Å². The molecule has 3 heterocycles. The highest BCUT2D eigenvalue weighted by Gasteiger charge is 2.58. The third-order valence-electron chi connectivity index (χ3n) is 3.90. The molecule has 0 aromatic carbocycles. The molecule has 8 N–H and O–H groups in total. The summed E-state index contributed by atoms with van der Waals surface area (Å²) in [6.07, 6.45) is -5.11. The van der Waals surface area contributed by atoms with Gasteiger partial charge < -0.3 is 35.2 Å². The zero-order valence-corrected chi connectivity index (χ0v) is 19.0. The van der Waals surface area contributed by atoms with Crippen LogP contribution in [-0.2, 0) is 31.6 Å². The fourth-order valence-electron chi connectivity index (χ4n) is 2.69. The van der Waals surface area contributed by atoms with E-state index < -0.39 is 59.2 Å². The first-order chi connectivity index (χ1) is 14.9. The summed E-state index contributed by atoms with van der Waals surface area (Å²) in [7, 11) is -17.0. The summed E-state index contributed by atoms with van der Waals surface area (Å²) in [5.74, 6) is -0.365. The lowest BCUT2D eigenvalue weighted by Gasteiger charge is -2.22. The Balaban J connectivity index is 1.78. The first-order valence-electron chi connectivity index (χ1n) is 8.14. The number of aromatic amines is 1. The molecule has 18 nitrogen and oxygen atoms in total. The van der Waals surface area contributed by atoms with Gasteiger partial charge in [0.1, 0.15) is 12.2 Å². The lowest BCUT2D eigenvalue weighted by Crippen LogP contribution is -2.38. The van der Waals surface area contributed by atoms with Crippen molar-refractivity contribution in [2.24, 2.45) is 0 Å². The van der Waals surface area contributed by atoms with E-state index in [1.807, 2.05) is 0 Å². The summed E-state index contributed by atoms with van der Waals surface area (Å²) in [6, 6.07) is 0. The van der Waals surface area contributed by atoms with Crippen molar-refractivity contribution in [2.45, 2.75) is 23.6 Å². The van der Waals surface area contributed by atoms with Gasteiger partial charge >= 0.3 is 23.5 Å². The molecule has 2 unspecified atom stereocenters. The fourth-order valence-corrected chi connectivity index (χ4v) is 6.02. The minimum absolute atomic E-state index is 0.286. The summed E-state index contributed by atoms with van der Waals surface area (Å²) in [5.41, 5.74) is 4.09. The van der Waals surface area contributed by atoms with Crippen LogP contribution < -0.4 is 11.3 Å². The van der Waals surface area contributed by atoms with Crippen molar-refractivity contribution in [3.8, 4) is 0 Å². The van der Waals surface area contributed by atoms with Crippen LogP contribution in [0, 0.1) is 0 Å². The maximum absolute atomic E-state index is 15.1. The molecule has 0 saturated carbocycles. The normalized spacial score (nSPS) is 29.7. The third-order valence-corrected chi connectivity index (χ3v) is 8.11. The van der Waals surface area contributed by atoms with E-state index in [0.717, 1.165) is 10.9 Å². The minimum Gasteiger partial charge on any atom is -0.385 e. The van der Waals surface area contributed by atoms with Gasteiger partial charge in [-0.25, -0.2) is 23.1 Å². The summed E-state index contributed by atoms with van der Waals surface area (Å²) in [6.45, 7) is -1.19. The second kappa shape index (κ2) is 8.73. The number of imidazole rings is 1. The van der Waals surface area contributed by atoms with Gasteiger partial charge in [0.05, 0.1) is 12.9 Å². The Morgan fingerprint density at radius 2 is 1.91 bits per heavy atom. The first-order valence-corrected chi connectivity index (χ1v) is 13.0. The number of hydrogen-bond acceptors (Lipinski definition) is 12. The zero-order chi connectivity index (χ0) is 25.0. The Kier molecular flexibility index (Phi) is 6.96. The number of hydrogen-bond donors (Lipinski definition) is 7. The highest BCUT2D eigenvalue weighted by molar-refractivity contribution is 7.66. The molecule has 0 aliphatic carbocycles. The maximum atomic E-state index is 15.1. The average molecular weight is 560 g/mol. The van der Waals surface area contributed by atoms with Crippen LogP contribution in [0.1, 0.15) is 6.23 Å². The fraction of sp³-hybridized carbons (Fsp3) is 0.500. The number of rotatable bonds is 8. The Labute approximate surface area is 185 Å². The van der Waals surface area contributed by atoms with E-state index in [9.17, 15) is 28.5 Å². The number of ether oxygens (including phenoxy) is 1. The van der Waals surface area contributed by atoms with Crippen molar-refractivity contribution >= 4 is 52.2 Å². The Bertz CT molecular complexity index is 1260. The molecule has 6 atom stereocenters. The van der Waals surface area contributed by atoms with Gasteiger partial charge in [-0.3, -0.25) is 18.9 Å². The van der Waals surface area contributed by atoms with E-state index in [2.05, 4.69) is 28.1 Å². The second-order valence-electron chi connectivity index (χ2n) is 6.31. The third kappa shape index (κ3) is 5.86. The molecule has 1 aliphatic heterocycles. The molecule has 2 aromatic heterocycles. The second-order valence-corrected chi connectivity index (χ2v) is 11.3. The number of aliphatic hydroxyl groups excluding tert-OH is 1. The van der Waals surface area contributed by atoms with Gasteiger partial charge in [-0.1, -0.05) is 11.6 Å². The number of aliphatic hydroxyl groups is 1. The van der Waals surface area contributed by atoms with E-state index in [1.54, 1.807) is 0 Å². The molecule has 1 saturated heterocycles. The minimum atomic E-state index is -5.80. The van der Waals surface area contributed by atoms with Gasteiger partial charge in [0.15, 0.2) is 17.4 Å². The monoisotopic (exact) mass is 559 g/mol. The average Bonchev–Trinajstić information content (AvgIpc) is 3.10. The van der Waals surface area contributed by atoms with E-state index >= 15 is 4.39 Å². The van der Waals surface area contributed by atoms with E-state index in [-0.39, 0.29) is 17.1 Å². The van der Waals surface area contributed by atoms with E-state index in [1.165, 1.54) is 0 Å². The van der Waals surface area contributed by atoms with Crippen molar-refractivity contribution in [2.75, 3.05) is 12.3 Å². The highest BCUT2D eigenvalue weighted by Crippen LogP contribution is 2.66. The van der Waals surface area contributed by atoms with Crippen LogP contribution in [0.5, 0.6) is 0 Å². The topological polar surface area (TPSA) is 279 Å². The number of anilines is 1. The molecule has 1 aliphatic rings. The Morgan fingerprint density at radius 3 is 2.52 bits per heavy atom. The smallest absolute Gasteiger partial charge is 0.385 e. The zero-order valence-electron chi connectivity index (χ0n) is 15.5. The van der Waals surface area contributed by atoms with Crippen LogP contribution in [0.2, 0.25) is 0 Å². The standard InChI is InChI=1S/C10H14ClFN5O13P3/c11-10(12)5(18)3(1-27-32(23,24)30-33(25,26)29-31(20,21)22)28-8(10)17-2-14-4-6(17)15-9(13)16-7(4)19/h2-3,5,8,18H,1H2,(H,23,24)(H,25,26)(H2,20,21,22)(H3,13,15,16,19)/t3-,5-,8-,10-/m1/s1. The van der Waals surface area contributed by atoms with Gasteiger partial charge in [-0.2, -0.15) is 13.6 Å². The van der Waals surface area contributed by atoms with Gasteiger partial charge in [-0.05, 0) is 0 Å². The number of phosphoric ester groups is 1. The van der Waals surface area contributed by atoms with Crippen LogP contribution in [0.4, 0.5) is 10.3 Å². The Morgan fingerprint density at radius 1 is 1.27 bits per heavy atom. The number of phosphoric acid groups is 3. The van der Waals surface area contributed by atoms with E-state index in [0.29, 0.717) is 0 Å². The Hall–Kier alpha value is -1.30. The largest absolute Gasteiger partial charge is 0.490 e. The summed E-state index contributed by atoms with van der Waals surface area (Å²) in [5, 5.41) is 7.00. The number of nitrogens with two attached hydrogens (primary N) is 1. The number of aromatic nitrogens is 4. The van der Waals surface area contributed by atoms with Crippen LogP contribution in [0.3, 0.4) is 0 Å². The molecule has 186 valence electrons. The molecular weight excluding hydrogens is 546 g/mol. The van der Waals surface area contributed by atoms with Gasteiger partial charge in [0, 0.05) is 0 Å². The molecule has 33 heavy (non-hydrogen) atoms. The van der Waals surface area contributed by atoms with Crippen molar-refractivity contribution in [1.29, 1.82) is 0 Å².